The molecule has 4 rings (SSSR count). The minimum Gasteiger partial charge on any atom is -0.462 e. The summed E-state index contributed by atoms with van der Waals surface area (Å²) in [7, 11) is 0. The van der Waals surface area contributed by atoms with Gasteiger partial charge in [-0.1, -0.05) is 24.3 Å². The van der Waals surface area contributed by atoms with Crippen molar-refractivity contribution in [3.63, 3.8) is 0 Å². The molecule has 0 saturated carbocycles. The van der Waals surface area contributed by atoms with E-state index in [1.807, 2.05) is 41.3 Å². The summed E-state index contributed by atoms with van der Waals surface area (Å²) in [5.74, 6) is 0.391. The molecule has 0 aliphatic carbocycles. The molecule has 0 bridgehead atoms. The maximum Gasteiger partial charge on any atom is 0.253 e. The van der Waals surface area contributed by atoms with Crippen LogP contribution in [0.25, 0.3) is 11.1 Å². The van der Waals surface area contributed by atoms with Crippen LogP contribution in [-0.4, -0.2) is 94.7 Å². The van der Waals surface area contributed by atoms with Crippen LogP contribution < -0.4 is 10.1 Å². The zero-order chi connectivity index (χ0) is 22.7. The minimum absolute atomic E-state index is 0.0101. The second kappa shape index (κ2) is 9.95. The van der Waals surface area contributed by atoms with Gasteiger partial charge in [0.2, 0.25) is 6.29 Å². The summed E-state index contributed by atoms with van der Waals surface area (Å²) in [6.45, 7) is 2.44. The number of hydrogen-bond acceptors (Lipinski definition) is 8. The number of piperazine rings is 1. The third kappa shape index (κ3) is 4.78. The third-order valence-corrected chi connectivity index (χ3v) is 5.80. The Labute approximate surface area is 185 Å². The van der Waals surface area contributed by atoms with Gasteiger partial charge in [-0.15, -0.1) is 0 Å². The lowest BCUT2D eigenvalue weighted by molar-refractivity contribution is -0.277. The molecule has 2 fully saturated rings. The average Bonchev–Trinajstić information content (AvgIpc) is 2.85. The van der Waals surface area contributed by atoms with Crippen molar-refractivity contribution in [1.29, 1.82) is 0 Å². The number of carbonyl (C=O) groups is 1. The number of benzene rings is 2. The van der Waals surface area contributed by atoms with Crippen molar-refractivity contribution >= 4 is 5.91 Å². The van der Waals surface area contributed by atoms with E-state index < -0.39 is 37.3 Å². The molecule has 0 aromatic heterocycles. The van der Waals surface area contributed by atoms with Crippen LogP contribution in [0.4, 0.5) is 0 Å². The topological polar surface area (TPSA) is 132 Å². The van der Waals surface area contributed by atoms with Gasteiger partial charge in [-0.2, -0.15) is 0 Å². The van der Waals surface area contributed by atoms with Crippen LogP contribution in [-0.2, 0) is 4.74 Å². The number of rotatable bonds is 5. The normalized spacial score (nSPS) is 28.4. The predicted octanol–water partition coefficient (Wildman–Crippen LogP) is -0.422. The predicted molar refractivity (Wildman–Crippen MR) is 115 cm³/mol. The highest BCUT2D eigenvalue weighted by Crippen LogP contribution is 2.27. The van der Waals surface area contributed by atoms with Gasteiger partial charge in [0, 0.05) is 31.7 Å². The molecular weight excluding hydrogens is 416 g/mol. The summed E-state index contributed by atoms with van der Waals surface area (Å²) in [4.78, 5) is 14.6. The van der Waals surface area contributed by atoms with Crippen molar-refractivity contribution in [3.05, 3.63) is 54.1 Å². The first-order valence-corrected chi connectivity index (χ1v) is 10.7. The lowest BCUT2D eigenvalue weighted by Gasteiger charge is -2.39. The number of hydrogen-bond donors (Lipinski definition) is 5. The number of nitrogens with zero attached hydrogens (tertiary/aromatic N) is 1. The van der Waals surface area contributed by atoms with Crippen molar-refractivity contribution in [3.8, 4) is 16.9 Å². The summed E-state index contributed by atoms with van der Waals surface area (Å²) in [6.07, 6.45) is -6.68. The first-order chi connectivity index (χ1) is 15.5. The smallest absolute Gasteiger partial charge is 0.253 e. The van der Waals surface area contributed by atoms with Crippen LogP contribution in [0.3, 0.4) is 0 Å². The number of amides is 1. The molecule has 9 nitrogen and oxygen atoms in total. The SMILES string of the molecule is O=C(c1cccc(-c2ccc(OC3OC(CO)C(O)C(O)C3O)cc2)c1)N1CCNCC1. The Morgan fingerprint density at radius 3 is 2.41 bits per heavy atom. The fourth-order valence-corrected chi connectivity index (χ4v) is 3.91. The van der Waals surface area contributed by atoms with E-state index >= 15 is 0 Å². The molecular formula is C23H28N2O7. The first kappa shape index (κ1) is 22.7. The van der Waals surface area contributed by atoms with Crippen LogP contribution >= 0.6 is 0 Å². The monoisotopic (exact) mass is 444 g/mol. The summed E-state index contributed by atoms with van der Waals surface area (Å²) in [5.41, 5.74) is 2.39. The molecule has 2 aliphatic rings. The summed E-state index contributed by atoms with van der Waals surface area (Å²) >= 11 is 0. The highest BCUT2D eigenvalue weighted by molar-refractivity contribution is 5.95. The standard InChI is InChI=1S/C23H28N2O7/c26-13-18-19(27)20(28)21(29)23(32-18)31-17-6-4-14(5-7-17)15-2-1-3-16(12-15)22(30)25-10-8-24-9-11-25/h1-7,12,18-21,23-24,26-29H,8-11,13H2. The molecule has 1 amide bonds. The first-order valence-electron chi connectivity index (χ1n) is 10.7. The molecule has 5 N–H and O–H groups in total. The van der Waals surface area contributed by atoms with E-state index in [9.17, 15) is 25.2 Å². The van der Waals surface area contributed by atoms with Gasteiger partial charge in [-0.05, 0) is 35.4 Å². The Hall–Kier alpha value is -2.53. The van der Waals surface area contributed by atoms with Gasteiger partial charge < -0.3 is 40.1 Å². The van der Waals surface area contributed by atoms with Crippen molar-refractivity contribution in [2.75, 3.05) is 32.8 Å². The van der Waals surface area contributed by atoms with Crippen molar-refractivity contribution in [2.45, 2.75) is 30.7 Å². The highest BCUT2D eigenvalue weighted by Gasteiger charge is 2.44. The number of ether oxygens (including phenoxy) is 2. The zero-order valence-electron chi connectivity index (χ0n) is 17.5. The third-order valence-electron chi connectivity index (χ3n) is 5.80. The van der Waals surface area contributed by atoms with Crippen molar-refractivity contribution < 1.29 is 34.7 Å². The summed E-state index contributed by atoms with van der Waals surface area (Å²) in [6, 6.07) is 14.4. The summed E-state index contributed by atoms with van der Waals surface area (Å²) in [5, 5.41) is 42.4. The average molecular weight is 444 g/mol. The maximum atomic E-state index is 12.8. The molecule has 32 heavy (non-hydrogen) atoms. The van der Waals surface area contributed by atoms with E-state index in [0.29, 0.717) is 24.4 Å². The van der Waals surface area contributed by atoms with E-state index in [2.05, 4.69) is 5.32 Å². The number of nitrogens with one attached hydrogen (secondary N) is 1. The Bertz CT molecular complexity index is 915. The van der Waals surface area contributed by atoms with Crippen LogP contribution in [0, 0.1) is 0 Å². The van der Waals surface area contributed by atoms with Crippen LogP contribution in [0.5, 0.6) is 5.75 Å². The molecule has 2 aromatic rings. The molecule has 0 radical (unpaired) electrons. The molecule has 172 valence electrons. The van der Waals surface area contributed by atoms with Crippen LogP contribution in [0.15, 0.2) is 48.5 Å². The number of aliphatic hydroxyl groups excluding tert-OH is 4. The largest absolute Gasteiger partial charge is 0.462 e. The van der Waals surface area contributed by atoms with Gasteiger partial charge in [0.1, 0.15) is 30.2 Å². The van der Waals surface area contributed by atoms with E-state index in [1.54, 1.807) is 12.1 Å². The van der Waals surface area contributed by atoms with Gasteiger partial charge >= 0.3 is 0 Å². The molecule has 2 saturated heterocycles. The maximum absolute atomic E-state index is 12.8. The Morgan fingerprint density at radius 1 is 1.00 bits per heavy atom. The molecule has 5 unspecified atom stereocenters. The Balaban J connectivity index is 1.45. The number of aliphatic hydroxyl groups is 4. The van der Waals surface area contributed by atoms with Crippen LogP contribution in [0.2, 0.25) is 0 Å². The van der Waals surface area contributed by atoms with Crippen molar-refractivity contribution in [2.24, 2.45) is 0 Å². The molecule has 0 spiro atoms. The number of carbonyl (C=O) groups excluding carboxylic acids is 1. The molecule has 2 aliphatic heterocycles. The second-order valence-electron chi connectivity index (χ2n) is 7.96. The van der Waals surface area contributed by atoms with Gasteiger partial charge in [0.05, 0.1) is 6.61 Å². The van der Waals surface area contributed by atoms with Gasteiger partial charge in [0.15, 0.2) is 0 Å². The molecule has 2 heterocycles. The second-order valence-corrected chi connectivity index (χ2v) is 7.96. The van der Waals surface area contributed by atoms with Gasteiger partial charge in [-0.3, -0.25) is 4.79 Å². The van der Waals surface area contributed by atoms with E-state index in [1.165, 1.54) is 0 Å². The van der Waals surface area contributed by atoms with E-state index in [-0.39, 0.29) is 5.91 Å². The van der Waals surface area contributed by atoms with Gasteiger partial charge in [-0.25, -0.2) is 0 Å². The van der Waals surface area contributed by atoms with E-state index in [4.69, 9.17) is 9.47 Å². The fourth-order valence-electron chi connectivity index (χ4n) is 3.91. The molecule has 5 atom stereocenters. The lowest BCUT2D eigenvalue weighted by Crippen LogP contribution is -2.60. The van der Waals surface area contributed by atoms with Gasteiger partial charge in [0.25, 0.3) is 5.91 Å². The Kier molecular flexibility index (Phi) is 7.04. The molecule has 9 heteroatoms. The minimum atomic E-state index is -1.50. The Morgan fingerprint density at radius 2 is 1.72 bits per heavy atom. The molecule has 2 aromatic carbocycles. The van der Waals surface area contributed by atoms with Crippen molar-refractivity contribution in [1.82, 2.24) is 10.2 Å². The highest BCUT2D eigenvalue weighted by atomic mass is 16.7. The fraction of sp³-hybridized carbons (Fsp3) is 0.435. The van der Waals surface area contributed by atoms with Crippen LogP contribution in [0.1, 0.15) is 10.4 Å². The summed E-state index contributed by atoms with van der Waals surface area (Å²) < 4.78 is 11.0. The zero-order valence-corrected chi connectivity index (χ0v) is 17.5. The lowest BCUT2D eigenvalue weighted by atomic mass is 9.99. The van der Waals surface area contributed by atoms with E-state index in [0.717, 1.165) is 24.2 Å². The quantitative estimate of drug-likeness (QED) is 0.420.